The molecule has 98 valence electrons. The maximum atomic E-state index is 12.4. The highest BCUT2D eigenvalue weighted by Gasteiger charge is 2.48. The lowest BCUT2D eigenvalue weighted by atomic mass is 9.85. The maximum Gasteiger partial charge on any atom is 0.238 e. The van der Waals surface area contributed by atoms with Gasteiger partial charge in [0, 0.05) is 3.57 Å². The molecule has 2 amide bonds. The minimum atomic E-state index is -0.215. The van der Waals surface area contributed by atoms with Crippen LogP contribution in [0.1, 0.15) is 12.8 Å². The van der Waals surface area contributed by atoms with Crippen molar-refractivity contribution in [2.75, 3.05) is 4.90 Å². The zero-order valence-corrected chi connectivity index (χ0v) is 12.9. The fraction of sp³-hybridized carbons (Fsp3) is 0.286. The fourth-order valence-corrected chi connectivity index (χ4v) is 3.64. The third-order valence-electron chi connectivity index (χ3n) is 3.66. The van der Waals surface area contributed by atoms with Crippen LogP contribution in [0.15, 0.2) is 30.4 Å². The Bertz CT molecular complexity index is 573. The van der Waals surface area contributed by atoms with Crippen molar-refractivity contribution in [3.05, 3.63) is 38.9 Å². The first-order valence-electron chi connectivity index (χ1n) is 6.07. The number of fused-ring (bicyclic) bond motifs is 1. The van der Waals surface area contributed by atoms with Gasteiger partial charge in [0.2, 0.25) is 11.8 Å². The van der Waals surface area contributed by atoms with Gasteiger partial charge in [0.15, 0.2) is 0 Å². The van der Waals surface area contributed by atoms with Crippen LogP contribution in [0.4, 0.5) is 5.69 Å². The number of benzene rings is 1. The second-order valence-electron chi connectivity index (χ2n) is 4.76. The smallest absolute Gasteiger partial charge is 0.238 e. The van der Waals surface area contributed by atoms with Crippen LogP contribution in [0, 0.1) is 15.4 Å². The van der Waals surface area contributed by atoms with Crippen molar-refractivity contribution in [2.24, 2.45) is 11.8 Å². The van der Waals surface area contributed by atoms with Crippen LogP contribution in [-0.2, 0) is 9.59 Å². The highest BCUT2D eigenvalue weighted by Crippen LogP contribution is 2.40. The summed E-state index contributed by atoms with van der Waals surface area (Å²) < 4.78 is 0.976. The van der Waals surface area contributed by atoms with Gasteiger partial charge in [-0.2, -0.15) is 0 Å². The summed E-state index contributed by atoms with van der Waals surface area (Å²) in [5, 5.41) is 0.445. The summed E-state index contributed by atoms with van der Waals surface area (Å²) in [6.07, 6.45) is 5.25. The summed E-state index contributed by atoms with van der Waals surface area (Å²) in [4.78, 5) is 26.1. The Morgan fingerprint density at radius 1 is 1.11 bits per heavy atom. The van der Waals surface area contributed by atoms with E-state index in [1.54, 1.807) is 12.1 Å². The van der Waals surface area contributed by atoms with E-state index in [-0.39, 0.29) is 23.7 Å². The van der Waals surface area contributed by atoms with Crippen LogP contribution in [0.2, 0.25) is 5.02 Å². The number of halogens is 2. The van der Waals surface area contributed by atoms with Crippen LogP contribution < -0.4 is 4.90 Å². The molecule has 1 aromatic carbocycles. The first kappa shape index (κ1) is 13.1. The van der Waals surface area contributed by atoms with E-state index < -0.39 is 0 Å². The van der Waals surface area contributed by atoms with Crippen LogP contribution in [0.25, 0.3) is 0 Å². The first-order chi connectivity index (χ1) is 9.09. The number of nitrogens with zero attached hydrogens (tertiary/aromatic N) is 1. The minimum Gasteiger partial charge on any atom is -0.274 e. The van der Waals surface area contributed by atoms with Crippen molar-refractivity contribution in [3.8, 4) is 0 Å². The molecule has 1 saturated heterocycles. The topological polar surface area (TPSA) is 37.4 Å². The van der Waals surface area contributed by atoms with E-state index in [0.717, 1.165) is 3.57 Å². The molecule has 19 heavy (non-hydrogen) atoms. The summed E-state index contributed by atoms with van der Waals surface area (Å²) >= 11 is 8.32. The molecule has 1 aromatic rings. The second-order valence-corrected chi connectivity index (χ2v) is 6.42. The number of carbonyl (C=O) groups is 2. The second kappa shape index (κ2) is 4.90. The zero-order valence-electron chi connectivity index (χ0n) is 9.98. The van der Waals surface area contributed by atoms with Crippen LogP contribution in [-0.4, -0.2) is 11.8 Å². The molecule has 0 bridgehead atoms. The Balaban J connectivity index is 2.02. The third kappa shape index (κ3) is 2.10. The van der Waals surface area contributed by atoms with Crippen LogP contribution >= 0.6 is 34.2 Å². The predicted molar refractivity (Wildman–Crippen MR) is 82.0 cm³/mol. The highest BCUT2D eigenvalue weighted by molar-refractivity contribution is 14.1. The number of imide groups is 1. The number of hydrogen-bond donors (Lipinski definition) is 0. The van der Waals surface area contributed by atoms with Gasteiger partial charge in [-0.15, -0.1) is 0 Å². The Morgan fingerprint density at radius 3 is 2.21 bits per heavy atom. The largest absolute Gasteiger partial charge is 0.274 e. The van der Waals surface area contributed by atoms with Gasteiger partial charge in [-0.25, -0.2) is 4.90 Å². The summed E-state index contributed by atoms with van der Waals surface area (Å²) in [5.74, 6) is -0.675. The Kier molecular flexibility index (Phi) is 3.39. The maximum absolute atomic E-state index is 12.4. The molecule has 1 aliphatic carbocycles. The monoisotopic (exact) mass is 387 g/mol. The molecule has 2 unspecified atom stereocenters. The Labute approximate surface area is 129 Å². The fourth-order valence-electron chi connectivity index (χ4n) is 2.70. The van der Waals surface area contributed by atoms with E-state index in [0.29, 0.717) is 23.6 Å². The van der Waals surface area contributed by atoms with E-state index in [1.165, 1.54) is 4.90 Å². The lowest BCUT2D eigenvalue weighted by Gasteiger charge is -2.16. The number of anilines is 1. The molecule has 3 rings (SSSR count). The molecule has 0 aromatic heterocycles. The summed E-state index contributed by atoms with van der Waals surface area (Å²) in [6, 6.07) is 5.35. The van der Waals surface area contributed by atoms with Gasteiger partial charge >= 0.3 is 0 Å². The summed E-state index contributed by atoms with van der Waals surface area (Å²) in [6.45, 7) is 0. The molecular formula is C14H11ClINO2. The van der Waals surface area contributed by atoms with Crippen molar-refractivity contribution in [2.45, 2.75) is 12.8 Å². The van der Waals surface area contributed by atoms with Gasteiger partial charge in [0.25, 0.3) is 0 Å². The number of amides is 2. The molecule has 0 radical (unpaired) electrons. The molecule has 0 spiro atoms. The summed E-state index contributed by atoms with van der Waals surface area (Å²) in [7, 11) is 0. The normalized spacial score (nSPS) is 25.9. The van der Waals surface area contributed by atoms with Gasteiger partial charge in [-0.05, 0) is 53.6 Å². The molecule has 5 heteroatoms. The van der Waals surface area contributed by atoms with E-state index in [4.69, 9.17) is 11.6 Å². The van der Waals surface area contributed by atoms with Crippen molar-refractivity contribution in [1.29, 1.82) is 0 Å². The molecule has 1 aliphatic heterocycles. The van der Waals surface area contributed by atoms with Gasteiger partial charge in [0.1, 0.15) is 0 Å². The average Bonchev–Trinajstić information content (AvgIpc) is 2.64. The van der Waals surface area contributed by atoms with Crippen molar-refractivity contribution in [3.63, 3.8) is 0 Å². The quantitative estimate of drug-likeness (QED) is 0.421. The number of hydrogen-bond acceptors (Lipinski definition) is 2. The van der Waals surface area contributed by atoms with Gasteiger partial charge in [-0.1, -0.05) is 23.8 Å². The van der Waals surface area contributed by atoms with E-state index in [2.05, 4.69) is 22.6 Å². The molecular weight excluding hydrogens is 377 g/mol. The lowest BCUT2D eigenvalue weighted by Crippen LogP contribution is -2.31. The van der Waals surface area contributed by atoms with E-state index in [1.807, 2.05) is 18.2 Å². The SMILES string of the molecule is O=C1C2CC=CCC2C(=O)N1c1ccc(I)cc1Cl. The third-order valence-corrected chi connectivity index (χ3v) is 4.63. The molecule has 1 fully saturated rings. The first-order valence-corrected chi connectivity index (χ1v) is 7.53. The van der Waals surface area contributed by atoms with Gasteiger partial charge in [0.05, 0.1) is 22.5 Å². The van der Waals surface area contributed by atoms with E-state index >= 15 is 0 Å². The standard InChI is InChI=1S/C14H11ClINO2/c15-11-7-8(16)5-6-12(11)17-13(18)9-3-1-2-4-10(9)14(17)19/h1-2,5-7,9-10H,3-4H2. The lowest BCUT2D eigenvalue weighted by molar-refractivity contribution is -0.122. The Morgan fingerprint density at radius 2 is 1.68 bits per heavy atom. The molecule has 1 heterocycles. The predicted octanol–water partition coefficient (Wildman–Crippen LogP) is 3.40. The number of allylic oxidation sites excluding steroid dienone is 2. The Hall–Kier alpha value is -0.880. The molecule has 3 nitrogen and oxygen atoms in total. The number of rotatable bonds is 1. The zero-order chi connectivity index (χ0) is 13.6. The minimum absolute atomic E-state index is 0.123. The van der Waals surface area contributed by atoms with Gasteiger partial charge < -0.3 is 0 Å². The van der Waals surface area contributed by atoms with Crippen molar-refractivity contribution in [1.82, 2.24) is 0 Å². The average molecular weight is 388 g/mol. The highest BCUT2D eigenvalue weighted by atomic mass is 127. The molecule has 2 atom stereocenters. The number of carbonyl (C=O) groups excluding carboxylic acids is 2. The van der Waals surface area contributed by atoms with Crippen LogP contribution in [0.3, 0.4) is 0 Å². The van der Waals surface area contributed by atoms with Crippen molar-refractivity contribution >= 4 is 51.7 Å². The van der Waals surface area contributed by atoms with E-state index in [9.17, 15) is 9.59 Å². The molecule has 0 saturated carbocycles. The van der Waals surface area contributed by atoms with Gasteiger partial charge in [-0.3, -0.25) is 9.59 Å². The molecule has 2 aliphatic rings. The van der Waals surface area contributed by atoms with Crippen molar-refractivity contribution < 1.29 is 9.59 Å². The van der Waals surface area contributed by atoms with Crippen LogP contribution in [0.5, 0.6) is 0 Å². The summed E-state index contributed by atoms with van der Waals surface area (Å²) in [5.41, 5.74) is 0.506. The molecule has 0 N–H and O–H groups in total.